The second-order valence-corrected chi connectivity index (χ2v) is 7.38. The number of carbonyl (C=O) groups is 1. The number of alkyl halides is 3. The van der Waals surface area contributed by atoms with Crippen molar-refractivity contribution in [2.45, 2.75) is 19.1 Å². The highest BCUT2D eigenvalue weighted by Gasteiger charge is 2.32. The molecule has 1 atom stereocenters. The van der Waals surface area contributed by atoms with Gasteiger partial charge >= 0.3 is 6.18 Å². The number of nitrogens with one attached hydrogen (secondary N) is 2. The fraction of sp³-hybridized carbons (Fsp3) is 0.125. The molecule has 0 saturated carbocycles. The third kappa shape index (κ3) is 4.92. The van der Waals surface area contributed by atoms with Gasteiger partial charge in [-0.3, -0.25) is 4.79 Å². The van der Waals surface area contributed by atoms with Gasteiger partial charge in [0.1, 0.15) is 18.0 Å². The van der Waals surface area contributed by atoms with Crippen LogP contribution in [0.4, 0.5) is 29.1 Å². The van der Waals surface area contributed by atoms with Crippen molar-refractivity contribution in [3.63, 3.8) is 0 Å². The predicted octanol–water partition coefficient (Wildman–Crippen LogP) is 6.21. The predicted molar refractivity (Wildman–Crippen MR) is 117 cm³/mol. The molecule has 0 aliphatic carbocycles. The van der Waals surface area contributed by atoms with Gasteiger partial charge in [-0.1, -0.05) is 24.3 Å². The second-order valence-electron chi connectivity index (χ2n) is 7.38. The van der Waals surface area contributed by atoms with Gasteiger partial charge in [-0.05, 0) is 55.0 Å². The minimum atomic E-state index is -4.69. The van der Waals surface area contributed by atoms with Gasteiger partial charge in [-0.25, -0.2) is 14.4 Å². The highest BCUT2D eigenvalue weighted by molar-refractivity contribution is 6.04. The van der Waals surface area contributed by atoms with E-state index in [2.05, 4.69) is 20.6 Å². The van der Waals surface area contributed by atoms with Crippen LogP contribution in [0.15, 0.2) is 73.1 Å². The molecular formula is C24H18F4N4O. The number of anilines is 2. The summed E-state index contributed by atoms with van der Waals surface area (Å²) in [6.07, 6.45) is -3.23. The number of nitrogens with zero attached hydrogens (tertiary/aromatic N) is 2. The molecule has 1 amide bonds. The molecule has 0 radical (unpaired) electrons. The summed E-state index contributed by atoms with van der Waals surface area (Å²) in [4.78, 5) is 21.0. The molecule has 0 fully saturated rings. The highest BCUT2D eigenvalue weighted by atomic mass is 19.4. The van der Waals surface area contributed by atoms with Crippen molar-refractivity contribution in [2.75, 3.05) is 10.6 Å². The molecule has 0 bridgehead atoms. The number of hydrogen-bond donors (Lipinski definition) is 2. The number of benzene rings is 3. The van der Waals surface area contributed by atoms with Crippen LogP contribution in [-0.2, 0) is 6.18 Å². The minimum absolute atomic E-state index is 0.231. The smallest absolute Gasteiger partial charge is 0.363 e. The zero-order valence-electron chi connectivity index (χ0n) is 17.3. The Balaban J connectivity index is 1.54. The van der Waals surface area contributed by atoms with Crippen LogP contribution in [0.2, 0.25) is 0 Å². The van der Waals surface area contributed by atoms with Gasteiger partial charge in [-0.2, -0.15) is 13.2 Å². The molecule has 2 N–H and O–H groups in total. The van der Waals surface area contributed by atoms with Crippen molar-refractivity contribution in [3.8, 4) is 0 Å². The topological polar surface area (TPSA) is 66.9 Å². The molecule has 168 valence electrons. The number of para-hydroxylation sites is 1. The first kappa shape index (κ1) is 22.2. The van der Waals surface area contributed by atoms with Crippen molar-refractivity contribution in [3.05, 3.63) is 95.6 Å². The third-order valence-electron chi connectivity index (χ3n) is 5.08. The minimum Gasteiger partial charge on any atom is -0.363 e. The van der Waals surface area contributed by atoms with Crippen molar-refractivity contribution < 1.29 is 22.4 Å². The van der Waals surface area contributed by atoms with Crippen LogP contribution in [-0.4, -0.2) is 15.9 Å². The summed E-state index contributed by atoms with van der Waals surface area (Å²) in [5.41, 5.74) is 0.0911. The molecular weight excluding hydrogens is 436 g/mol. The van der Waals surface area contributed by atoms with E-state index < -0.39 is 29.0 Å². The number of amides is 1. The first-order chi connectivity index (χ1) is 15.7. The summed E-state index contributed by atoms with van der Waals surface area (Å²) in [6, 6.07) is 15.7. The molecule has 1 aromatic heterocycles. The van der Waals surface area contributed by atoms with Crippen LogP contribution >= 0.6 is 0 Å². The molecule has 4 aromatic rings. The lowest BCUT2D eigenvalue weighted by atomic mass is 10.1. The van der Waals surface area contributed by atoms with E-state index in [1.54, 1.807) is 18.2 Å². The number of hydrogen-bond acceptors (Lipinski definition) is 4. The molecule has 0 spiro atoms. The van der Waals surface area contributed by atoms with Gasteiger partial charge in [0.15, 0.2) is 0 Å². The Hall–Kier alpha value is -4.01. The summed E-state index contributed by atoms with van der Waals surface area (Å²) < 4.78 is 52.9. The van der Waals surface area contributed by atoms with E-state index in [4.69, 9.17) is 0 Å². The van der Waals surface area contributed by atoms with Crippen LogP contribution in [0.1, 0.15) is 34.5 Å². The maximum absolute atomic E-state index is 14.0. The maximum Gasteiger partial charge on any atom is 0.416 e. The average molecular weight is 454 g/mol. The Labute approximate surface area is 186 Å². The summed E-state index contributed by atoms with van der Waals surface area (Å²) in [5.74, 6) is -1.38. The van der Waals surface area contributed by atoms with E-state index in [0.29, 0.717) is 29.7 Å². The average Bonchev–Trinajstić information content (AvgIpc) is 2.79. The third-order valence-corrected chi connectivity index (χ3v) is 5.08. The molecule has 1 heterocycles. The van der Waals surface area contributed by atoms with Gasteiger partial charge in [0, 0.05) is 11.1 Å². The van der Waals surface area contributed by atoms with Crippen molar-refractivity contribution >= 4 is 28.3 Å². The zero-order valence-corrected chi connectivity index (χ0v) is 17.3. The van der Waals surface area contributed by atoms with Crippen molar-refractivity contribution in [1.82, 2.24) is 9.97 Å². The van der Waals surface area contributed by atoms with Gasteiger partial charge in [0.2, 0.25) is 0 Å². The van der Waals surface area contributed by atoms with E-state index in [-0.39, 0.29) is 6.04 Å². The normalized spacial score (nSPS) is 12.4. The van der Waals surface area contributed by atoms with Gasteiger partial charge in [-0.15, -0.1) is 0 Å². The molecule has 9 heteroatoms. The zero-order chi connectivity index (χ0) is 23.6. The quantitative estimate of drug-likeness (QED) is 0.352. The standard InChI is InChI=1S/C24H18F4N4O/c1-14(31-22-18-7-2-3-8-21(18)29-13-30-22)15-5-4-6-17(11-15)32-23(33)19-12-16(24(26,27)28)9-10-20(19)25/h2-14H,1H3,(H,32,33)(H,29,30,31)/t14-/m1/s1. The first-order valence-electron chi connectivity index (χ1n) is 9.97. The molecule has 0 unspecified atom stereocenters. The van der Waals surface area contributed by atoms with Crippen LogP contribution in [0, 0.1) is 5.82 Å². The maximum atomic E-state index is 14.0. The Kier molecular flexibility index (Phi) is 5.95. The van der Waals surface area contributed by atoms with Crippen molar-refractivity contribution in [1.29, 1.82) is 0 Å². The van der Waals surface area contributed by atoms with E-state index in [0.717, 1.165) is 16.5 Å². The second kappa shape index (κ2) is 8.85. The Bertz CT molecular complexity index is 1320. The van der Waals surface area contributed by atoms with E-state index in [1.165, 1.54) is 6.33 Å². The van der Waals surface area contributed by atoms with E-state index in [1.807, 2.05) is 37.3 Å². The monoisotopic (exact) mass is 454 g/mol. The number of aromatic nitrogens is 2. The van der Waals surface area contributed by atoms with Gasteiger partial charge < -0.3 is 10.6 Å². The fourth-order valence-electron chi connectivity index (χ4n) is 3.37. The number of halogens is 4. The summed E-state index contributed by atoms with van der Waals surface area (Å²) in [6.45, 7) is 1.89. The van der Waals surface area contributed by atoms with Gasteiger partial charge in [0.05, 0.1) is 22.7 Å². The molecule has 5 nitrogen and oxygen atoms in total. The van der Waals surface area contributed by atoms with Gasteiger partial charge in [0.25, 0.3) is 5.91 Å². The Morgan fingerprint density at radius 3 is 2.55 bits per heavy atom. The van der Waals surface area contributed by atoms with Crippen LogP contribution in [0.5, 0.6) is 0 Å². The molecule has 3 aromatic carbocycles. The molecule has 4 rings (SSSR count). The molecule has 0 saturated heterocycles. The number of fused-ring (bicyclic) bond motifs is 1. The molecule has 33 heavy (non-hydrogen) atoms. The van der Waals surface area contributed by atoms with Crippen LogP contribution in [0.25, 0.3) is 10.9 Å². The van der Waals surface area contributed by atoms with Crippen LogP contribution < -0.4 is 10.6 Å². The lowest BCUT2D eigenvalue weighted by Gasteiger charge is -2.17. The Morgan fingerprint density at radius 1 is 0.970 bits per heavy atom. The molecule has 0 aliphatic heterocycles. The molecule has 0 aliphatic rings. The Morgan fingerprint density at radius 2 is 1.76 bits per heavy atom. The first-order valence-corrected chi connectivity index (χ1v) is 9.97. The summed E-state index contributed by atoms with van der Waals surface area (Å²) in [7, 11) is 0. The number of carbonyl (C=O) groups excluding carboxylic acids is 1. The SMILES string of the molecule is C[C@@H](Nc1ncnc2ccccc12)c1cccc(NC(=O)c2cc(C(F)(F)F)ccc2F)c1. The highest BCUT2D eigenvalue weighted by Crippen LogP contribution is 2.31. The largest absolute Gasteiger partial charge is 0.416 e. The lowest BCUT2D eigenvalue weighted by molar-refractivity contribution is -0.137. The van der Waals surface area contributed by atoms with E-state index >= 15 is 0 Å². The van der Waals surface area contributed by atoms with Crippen LogP contribution in [0.3, 0.4) is 0 Å². The lowest BCUT2D eigenvalue weighted by Crippen LogP contribution is -2.16. The van der Waals surface area contributed by atoms with Crippen molar-refractivity contribution in [2.24, 2.45) is 0 Å². The number of rotatable bonds is 5. The van der Waals surface area contributed by atoms with E-state index in [9.17, 15) is 22.4 Å². The fourth-order valence-corrected chi connectivity index (χ4v) is 3.37. The summed E-state index contributed by atoms with van der Waals surface area (Å²) >= 11 is 0. The summed E-state index contributed by atoms with van der Waals surface area (Å²) in [5, 5.41) is 6.61.